The molecule has 21 heavy (non-hydrogen) atoms. The molecule has 3 rings (SSSR count). The Bertz CT molecular complexity index is 478. The van der Waals surface area contributed by atoms with E-state index in [0.717, 1.165) is 44.6 Å². The molecule has 0 radical (unpaired) electrons. The average Bonchev–Trinajstić information content (AvgIpc) is 2.56. The minimum atomic E-state index is -0.618. The standard InChI is InChI=1S/C15H23N5O/c16-15(4-2-1-3-5-15)14(21)20-10-8-19(9-11-20)13-12-17-6-7-18-13/h6-7,12H,1-5,8-11,16H2. The first-order valence-corrected chi connectivity index (χ1v) is 7.78. The van der Waals surface area contributed by atoms with E-state index in [-0.39, 0.29) is 5.91 Å². The molecule has 1 aliphatic carbocycles. The van der Waals surface area contributed by atoms with E-state index in [1.54, 1.807) is 18.6 Å². The molecule has 0 spiro atoms. The molecule has 2 fully saturated rings. The van der Waals surface area contributed by atoms with Gasteiger partial charge in [-0.3, -0.25) is 9.78 Å². The number of nitrogens with zero attached hydrogens (tertiary/aromatic N) is 4. The van der Waals surface area contributed by atoms with Crippen molar-refractivity contribution in [3.05, 3.63) is 18.6 Å². The molecule has 6 heteroatoms. The first-order valence-electron chi connectivity index (χ1n) is 7.78. The van der Waals surface area contributed by atoms with Gasteiger partial charge in [-0.25, -0.2) is 4.98 Å². The lowest BCUT2D eigenvalue weighted by Crippen LogP contribution is -2.60. The number of hydrogen-bond acceptors (Lipinski definition) is 5. The van der Waals surface area contributed by atoms with Crippen molar-refractivity contribution in [1.82, 2.24) is 14.9 Å². The predicted molar refractivity (Wildman–Crippen MR) is 80.8 cm³/mol. The number of aromatic nitrogens is 2. The van der Waals surface area contributed by atoms with E-state index in [2.05, 4.69) is 14.9 Å². The molecule has 1 saturated carbocycles. The second-order valence-corrected chi connectivity index (χ2v) is 6.06. The van der Waals surface area contributed by atoms with Crippen LogP contribution in [-0.4, -0.2) is 52.5 Å². The highest BCUT2D eigenvalue weighted by molar-refractivity contribution is 5.86. The highest BCUT2D eigenvalue weighted by Crippen LogP contribution is 2.28. The molecule has 0 bridgehead atoms. The number of nitrogens with two attached hydrogens (primary N) is 1. The Kier molecular flexibility index (Phi) is 4.05. The van der Waals surface area contributed by atoms with Crippen molar-refractivity contribution < 1.29 is 4.79 Å². The SMILES string of the molecule is NC1(C(=O)N2CCN(c3cnccn3)CC2)CCCCC1. The molecule has 1 aromatic rings. The molecule has 0 aromatic carbocycles. The normalized spacial score (nSPS) is 22.1. The molecular weight excluding hydrogens is 266 g/mol. The van der Waals surface area contributed by atoms with Gasteiger partial charge in [0.25, 0.3) is 0 Å². The topological polar surface area (TPSA) is 75.4 Å². The van der Waals surface area contributed by atoms with Crippen LogP contribution in [0, 0.1) is 0 Å². The van der Waals surface area contributed by atoms with E-state index in [0.29, 0.717) is 13.1 Å². The Hall–Kier alpha value is -1.69. The van der Waals surface area contributed by atoms with Gasteiger partial charge >= 0.3 is 0 Å². The van der Waals surface area contributed by atoms with Crippen LogP contribution in [0.25, 0.3) is 0 Å². The van der Waals surface area contributed by atoms with Crippen LogP contribution in [0.4, 0.5) is 5.82 Å². The Balaban J connectivity index is 1.59. The maximum Gasteiger partial charge on any atom is 0.242 e. The van der Waals surface area contributed by atoms with E-state index in [1.807, 2.05) is 4.90 Å². The van der Waals surface area contributed by atoms with Crippen LogP contribution in [0.2, 0.25) is 0 Å². The molecule has 1 aromatic heterocycles. The Morgan fingerprint density at radius 2 is 1.81 bits per heavy atom. The second-order valence-electron chi connectivity index (χ2n) is 6.06. The van der Waals surface area contributed by atoms with Gasteiger partial charge in [0.2, 0.25) is 5.91 Å². The molecular formula is C15H23N5O. The van der Waals surface area contributed by atoms with E-state index in [4.69, 9.17) is 5.73 Å². The van der Waals surface area contributed by atoms with E-state index >= 15 is 0 Å². The van der Waals surface area contributed by atoms with Crippen LogP contribution < -0.4 is 10.6 Å². The molecule has 1 saturated heterocycles. The lowest BCUT2D eigenvalue weighted by atomic mass is 9.81. The Labute approximate surface area is 125 Å². The van der Waals surface area contributed by atoms with Gasteiger partial charge in [0.1, 0.15) is 5.82 Å². The first-order chi connectivity index (χ1) is 10.2. The number of carbonyl (C=O) groups excluding carboxylic acids is 1. The summed E-state index contributed by atoms with van der Waals surface area (Å²) in [5.74, 6) is 1.02. The summed E-state index contributed by atoms with van der Waals surface area (Å²) in [6, 6.07) is 0. The van der Waals surface area contributed by atoms with Crippen molar-refractivity contribution in [3.8, 4) is 0 Å². The Morgan fingerprint density at radius 3 is 2.43 bits per heavy atom. The van der Waals surface area contributed by atoms with Crippen molar-refractivity contribution >= 4 is 11.7 Å². The maximum atomic E-state index is 12.7. The van der Waals surface area contributed by atoms with Crippen LogP contribution in [-0.2, 0) is 4.79 Å². The highest BCUT2D eigenvalue weighted by atomic mass is 16.2. The third-order valence-electron chi connectivity index (χ3n) is 4.61. The summed E-state index contributed by atoms with van der Waals surface area (Å²) in [7, 11) is 0. The lowest BCUT2D eigenvalue weighted by molar-refractivity contribution is -0.138. The third kappa shape index (κ3) is 3.00. The van der Waals surface area contributed by atoms with Crippen molar-refractivity contribution in [1.29, 1.82) is 0 Å². The van der Waals surface area contributed by atoms with Crippen LogP contribution in [0.3, 0.4) is 0 Å². The minimum Gasteiger partial charge on any atom is -0.352 e. The predicted octanol–water partition coefficient (Wildman–Crippen LogP) is 0.787. The molecule has 6 nitrogen and oxygen atoms in total. The van der Waals surface area contributed by atoms with Gasteiger partial charge in [-0.15, -0.1) is 0 Å². The molecule has 0 unspecified atom stereocenters. The molecule has 2 N–H and O–H groups in total. The van der Waals surface area contributed by atoms with Gasteiger partial charge in [0.15, 0.2) is 0 Å². The van der Waals surface area contributed by atoms with Crippen LogP contribution >= 0.6 is 0 Å². The third-order valence-corrected chi connectivity index (χ3v) is 4.61. The van der Waals surface area contributed by atoms with E-state index < -0.39 is 5.54 Å². The van der Waals surface area contributed by atoms with Gasteiger partial charge in [0, 0.05) is 38.6 Å². The van der Waals surface area contributed by atoms with Gasteiger partial charge in [-0.05, 0) is 12.8 Å². The molecule has 2 aliphatic rings. The molecule has 0 atom stereocenters. The second kappa shape index (κ2) is 5.97. The van der Waals surface area contributed by atoms with E-state index in [9.17, 15) is 4.79 Å². The summed E-state index contributed by atoms with van der Waals surface area (Å²) in [6.45, 7) is 3.02. The molecule has 1 amide bonds. The fourth-order valence-corrected chi connectivity index (χ4v) is 3.30. The smallest absolute Gasteiger partial charge is 0.242 e. The van der Waals surface area contributed by atoms with Gasteiger partial charge in [-0.2, -0.15) is 0 Å². The lowest BCUT2D eigenvalue weighted by Gasteiger charge is -2.41. The quantitative estimate of drug-likeness (QED) is 0.871. The summed E-state index contributed by atoms with van der Waals surface area (Å²) >= 11 is 0. The molecule has 114 valence electrons. The number of carbonyl (C=O) groups is 1. The number of piperazine rings is 1. The van der Waals surface area contributed by atoms with Crippen molar-refractivity contribution in [3.63, 3.8) is 0 Å². The van der Waals surface area contributed by atoms with Crippen LogP contribution in [0.15, 0.2) is 18.6 Å². The maximum absolute atomic E-state index is 12.7. The molecule has 2 heterocycles. The van der Waals surface area contributed by atoms with E-state index in [1.165, 1.54) is 6.42 Å². The number of amides is 1. The highest BCUT2D eigenvalue weighted by Gasteiger charge is 2.39. The zero-order chi connectivity index (χ0) is 14.7. The van der Waals surface area contributed by atoms with Gasteiger partial charge in [-0.1, -0.05) is 19.3 Å². The van der Waals surface area contributed by atoms with Crippen LogP contribution in [0.1, 0.15) is 32.1 Å². The van der Waals surface area contributed by atoms with Gasteiger partial charge in [0.05, 0.1) is 11.7 Å². The fraction of sp³-hybridized carbons (Fsp3) is 0.667. The summed E-state index contributed by atoms with van der Waals surface area (Å²) in [4.78, 5) is 25.2. The summed E-state index contributed by atoms with van der Waals surface area (Å²) < 4.78 is 0. The Morgan fingerprint density at radius 1 is 1.10 bits per heavy atom. The largest absolute Gasteiger partial charge is 0.352 e. The van der Waals surface area contributed by atoms with Crippen LogP contribution in [0.5, 0.6) is 0 Å². The van der Waals surface area contributed by atoms with Crippen molar-refractivity contribution in [2.45, 2.75) is 37.6 Å². The number of rotatable bonds is 2. The summed E-state index contributed by atoms with van der Waals surface area (Å²) in [6.07, 6.45) is 10.1. The zero-order valence-electron chi connectivity index (χ0n) is 12.4. The first kappa shape index (κ1) is 14.3. The van der Waals surface area contributed by atoms with Gasteiger partial charge < -0.3 is 15.5 Å². The monoisotopic (exact) mass is 289 g/mol. The minimum absolute atomic E-state index is 0.140. The fourth-order valence-electron chi connectivity index (χ4n) is 3.30. The number of anilines is 1. The molecule has 1 aliphatic heterocycles. The average molecular weight is 289 g/mol. The summed E-state index contributed by atoms with van der Waals surface area (Å²) in [5.41, 5.74) is 5.73. The zero-order valence-corrected chi connectivity index (χ0v) is 12.4. The van der Waals surface area contributed by atoms with Crippen molar-refractivity contribution in [2.75, 3.05) is 31.1 Å². The summed E-state index contributed by atoms with van der Waals surface area (Å²) in [5, 5.41) is 0. The van der Waals surface area contributed by atoms with Crippen molar-refractivity contribution in [2.24, 2.45) is 5.73 Å². The number of hydrogen-bond donors (Lipinski definition) is 1.